The maximum Gasteiger partial charge on any atom is 0.267 e. The number of nitrogens with zero attached hydrogens (tertiary/aromatic N) is 1. The predicted octanol–water partition coefficient (Wildman–Crippen LogP) is 3.92. The van der Waals surface area contributed by atoms with Crippen LogP contribution in [0.3, 0.4) is 0 Å². The van der Waals surface area contributed by atoms with Crippen LogP contribution in [0, 0.1) is 0 Å². The van der Waals surface area contributed by atoms with E-state index in [1.54, 1.807) is 22.9 Å². The van der Waals surface area contributed by atoms with E-state index in [1.165, 1.54) is 17.1 Å². The Labute approximate surface area is 154 Å². The Kier molecular flexibility index (Phi) is 7.83. The lowest BCUT2D eigenvalue weighted by Gasteiger charge is -2.02. The first-order valence-electron chi connectivity index (χ1n) is 8.96. The van der Waals surface area contributed by atoms with E-state index in [2.05, 4.69) is 24.3 Å². The molecule has 26 heavy (non-hydrogen) atoms. The fraction of sp³-hybridized carbons (Fsp3) is 0.333. The van der Waals surface area contributed by atoms with Crippen molar-refractivity contribution in [2.45, 2.75) is 38.5 Å². The minimum Gasteiger partial charge on any atom is -0.350 e. The number of benzene rings is 1. The fourth-order valence-electron chi connectivity index (χ4n) is 2.86. The van der Waals surface area contributed by atoms with Crippen LogP contribution in [0.4, 0.5) is 0 Å². The highest BCUT2D eigenvalue weighted by atomic mass is 16.5. The van der Waals surface area contributed by atoms with E-state index in [0.29, 0.717) is 12.0 Å². The van der Waals surface area contributed by atoms with Gasteiger partial charge in [0.15, 0.2) is 5.78 Å². The zero-order chi connectivity index (χ0) is 18.8. The molecule has 2 N–H and O–H groups in total. The molecule has 0 spiro atoms. The van der Waals surface area contributed by atoms with E-state index in [-0.39, 0.29) is 5.78 Å². The van der Waals surface area contributed by atoms with Gasteiger partial charge in [-0.25, -0.2) is 5.48 Å². The number of ketones is 1. The van der Waals surface area contributed by atoms with Crippen LogP contribution in [-0.2, 0) is 18.3 Å². The van der Waals surface area contributed by atoms with Gasteiger partial charge in [-0.1, -0.05) is 43.2 Å². The molecule has 1 aromatic heterocycles. The van der Waals surface area contributed by atoms with Gasteiger partial charge in [0, 0.05) is 37.0 Å². The van der Waals surface area contributed by atoms with Gasteiger partial charge >= 0.3 is 0 Å². The summed E-state index contributed by atoms with van der Waals surface area (Å²) >= 11 is 0. The summed E-state index contributed by atoms with van der Waals surface area (Å²) in [5, 5.41) is 8.49. The summed E-state index contributed by atoms with van der Waals surface area (Å²) in [5.74, 6) is -0.482. The average Bonchev–Trinajstić information content (AvgIpc) is 3.04. The van der Waals surface area contributed by atoms with Crippen LogP contribution in [0.5, 0.6) is 0 Å². The number of Topliss-reactive ketones (excluding diaryl/α,β-unsaturated/α-hetero) is 1. The molecular weight excluding hydrogens is 328 g/mol. The monoisotopic (exact) mass is 354 g/mol. The van der Waals surface area contributed by atoms with Crippen molar-refractivity contribution >= 4 is 17.8 Å². The molecule has 5 nitrogen and oxygen atoms in total. The molecule has 0 fully saturated rings. The van der Waals surface area contributed by atoms with Gasteiger partial charge in [0.2, 0.25) is 0 Å². The van der Waals surface area contributed by atoms with Crippen LogP contribution < -0.4 is 5.48 Å². The number of hydrogen-bond donors (Lipinski definition) is 2. The largest absolute Gasteiger partial charge is 0.350 e. The number of amides is 1. The Morgan fingerprint density at radius 2 is 1.85 bits per heavy atom. The Hall–Kier alpha value is -2.66. The van der Waals surface area contributed by atoms with Crippen LogP contribution in [0.25, 0.3) is 6.08 Å². The van der Waals surface area contributed by atoms with E-state index in [0.717, 1.165) is 37.8 Å². The lowest BCUT2D eigenvalue weighted by Crippen LogP contribution is -2.14. The van der Waals surface area contributed by atoms with Crippen molar-refractivity contribution in [1.29, 1.82) is 0 Å². The zero-order valence-electron chi connectivity index (χ0n) is 15.1. The highest BCUT2D eigenvalue weighted by Crippen LogP contribution is 2.14. The highest BCUT2D eigenvalue weighted by molar-refractivity contribution is 5.97. The Morgan fingerprint density at radius 1 is 1.12 bits per heavy atom. The van der Waals surface area contributed by atoms with Gasteiger partial charge < -0.3 is 4.57 Å². The normalized spacial score (nSPS) is 11.0. The van der Waals surface area contributed by atoms with Gasteiger partial charge in [-0.2, -0.15) is 0 Å². The van der Waals surface area contributed by atoms with Crippen molar-refractivity contribution < 1.29 is 14.8 Å². The number of rotatable bonds is 10. The molecule has 0 aliphatic heterocycles. The van der Waals surface area contributed by atoms with Gasteiger partial charge in [0.25, 0.3) is 5.91 Å². The molecule has 1 amide bonds. The Balaban J connectivity index is 1.71. The minimum atomic E-state index is -0.602. The molecule has 1 heterocycles. The SMILES string of the molecule is Cn1cc(C(=O)CCCCCCc2ccccc2)cc1/C=C/C(=O)NO. The second kappa shape index (κ2) is 10.4. The maximum atomic E-state index is 12.3. The number of nitrogens with one attached hydrogen (secondary N) is 1. The standard InChI is InChI=1S/C21H26N2O3/c1-23-16-18(15-19(23)13-14-21(25)22-26)20(24)12-8-3-2-5-9-17-10-6-4-7-11-17/h4,6-7,10-11,13-16,26H,2-3,5,8-9,12H2,1H3,(H,22,25)/b14-13+. The molecule has 0 radical (unpaired) electrons. The molecule has 1 aromatic carbocycles. The first-order valence-corrected chi connectivity index (χ1v) is 8.96. The lowest BCUT2D eigenvalue weighted by molar-refractivity contribution is -0.124. The van der Waals surface area contributed by atoms with E-state index in [1.807, 2.05) is 13.1 Å². The smallest absolute Gasteiger partial charge is 0.267 e. The topological polar surface area (TPSA) is 71.3 Å². The molecule has 0 bridgehead atoms. The second-order valence-electron chi connectivity index (χ2n) is 6.40. The number of hydroxylamine groups is 1. The van der Waals surface area contributed by atoms with Gasteiger partial charge in [0.05, 0.1) is 0 Å². The molecule has 2 aromatic rings. The highest BCUT2D eigenvalue weighted by Gasteiger charge is 2.09. The first-order chi connectivity index (χ1) is 12.6. The number of aromatic nitrogens is 1. The van der Waals surface area contributed by atoms with Crippen molar-refractivity contribution in [2.24, 2.45) is 7.05 Å². The third-order valence-corrected chi connectivity index (χ3v) is 4.34. The molecule has 2 rings (SSSR count). The molecule has 0 saturated heterocycles. The van der Waals surface area contributed by atoms with Crippen LogP contribution in [-0.4, -0.2) is 21.5 Å². The summed E-state index contributed by atoms with van der Waals surface area (Å²) in [6.07, 6.45) is 10.4. The van der Waals surface area contributed by atoms with E-state index in [4.69, 9.17) is 5.21 Å². The Bertz CT molecular complexity index is 748. The summed E-state index contributed by atoms with van der Waals surface area (Å²) in [6, 6.07) is 12.2. The molecule has 0 unspecified atom stereocenters. The molecule has 0 aliphatic carbocycles. The number of carbonyl (C=O) groups is 2. The fourth-order valence-corrected chi connectivity index (χ4v) is 2.86. The third-order valence-electron chi connectivity index (χ3n) is 4.34. The van der Waals surface area contributed by atoms with Crippen LogP contribution >= 0.6 is 0 Å². The molecular formula is C21H26N2O3. The van der Waals surface area contributed by atoms with Gasteiger partial charge in [0.1, 0.15) is 0 Å². The molecule has 5 heteroatoms. The van der Waals surface area contributed by atoms with Crippen LogP contribution in [0.15, 0.2) is 48.7 Å². The van der Waals surface area contributed by atoms with E-state index < -0.39 is 5.91 Å². The summed E-state index contributed by atoms with van der Waals surface area (Å²) in [6.45, 7) is 0. The van der Waals surface area contributed by atoms with Gasteiger partial charge in [-0.15, -0.1) is 0 Å². The minimum absolute atomic E-state index is 0.120. The van der Waals surface area contributed by atoms with Crippen LogP contribution in [0.2, 0.25) is 0 Å². The molecule has 0 aliphatic rings. The van der Waals surface area contributed by atoms with Crippen molar-refractivity contribution in [2.75, 3.05) is 0 Å². The molecule has 0 atom stereocenters. The number of carbonyl (C=O) groups excluding carboxylic acids is 2. The number of hydrogen-bond acceptors (Lipinski definition) is 3. The Morgan fingerprint density at radius 3 is 2.58 bits per heavy atom. The van der Waals surface area contributed by atoms with Crippen molar-refractivity contribution in [3.8, 4) is 0 Å². The van der Waals surface area contributed by atoms with Crippen LogP contribution in [0.1, 0.15) is 53.7 Å². The predicted molar refractivity (Wildman–Crippen MR) is 102 cm³/mol. The zero-order valence-corrected chi connectivity index (χ0v) is 15.1. The third kappa shape index (κ3) is 6.33. The molecule has 138 valence electrons. The summed E-state index contributed by atoms with van der Waals surface area (Å²) in [7, 11) is 1.82. The molecule has 0 saturated carbocycles. The average molecular weight is 354 g/mol. The van der Waals surface area contributed by atoms with Gasteiger partial charge in [-0.05, 0) is 37.0 Å². The first kappa shape index (κ1) is 19.7. The van der Waals surface area contributed by atoms with Crippen molar-refractivity contribution in [3.05, 3.63) is 65.5 Å². The number of unbranched alkanes of at least 4 members (excludes halogenated alkanes) is 3. The van der Waals surface area contributed by atoms with Crippen molar-refractivity contribution in [1.82, 2.24) is 10.0 Å². The maximum absolute atomic E-state index is 12.3. The lowest BCUT2D eigenvalue weighted by atomic mass is 10.0. The quantitative estimate of drug-likeness (QED) is 0.223. The van der Waals surface area contributed by atoms with Crippen molar-refractivity contribution in [3.63, 3.8) is 0 Å². The summed E-state index contributed by atoms with van der Waals surface area (Å²) < 4.78 is 1.79. The second-order valence-corrected chi connectivity index (χ2v) is 6.40. The summed E-state index contributed by atoms with van der Waals surface area (Å²) in [5.41, 5.74) is 4.29. The summed E-state index contributed by atoms with van der Waals surface area (Å²) in [4.78, 5) is 23.3. The number of aryl methyl sites for hydroxylation is 2. The van der Waals surface area contributed by atoms with Gasteiger partial charge in [-0.3, -0.25) is 14.8 Å². The van der Waals surface area contributed by atoms with E-state index >= 15 is 0 Å². The van der Waals surface area contributed by atoms with E-state index in [9.17, 15) is 9.59 Å².